The zero-order valence-electron chi connectivity index (χ0n) is 10.8. The Bertz CT molecular complexity index is 442. The highest BCUT2D eigenvalue weighted by atomic mass is 32.1. The van der Waals surface area contributed by atoms with E-state index in [-0.39, 0.29) is 12.5 Å². The first-order chi connectivity index (χ1) is 8.69. The van der Waals surface area contributed by atoms with E-state index in [4.69, 9.17) is 5.11 Å². The van der Waals surface area contributed by atoms with Gasteiger partial charge in [-0.3, -0.25) is 4.79 Å². The van der Waals surface area contributed by atoms with Crippen LogP contribution in [0, 0.1) is 17.8 Å². The molecule has 1 atom stereocenters. The summed E-state index contributed by atoms with van der Waals surface area (Å²) in [5.74, 6) is 6.18. The Morgan fingerprint density at radius 3 is 3.06 bits per heavy atom. The molecule has 1 unspecified atom stereocenters. The lowest BCUT2D eigenvalue weighted by molar-refractivity contribution is 0.0951. The van der Waals surface area contributed by atoms with Crippen LogP contribution >= 0.6 is 11.3 Å². The molecule has 1 aromatic rings. The molecule has 0 aliphatic carbocycles. The maximum atomic E-state index is 12.0. The average Bonchev–Trinajstić information content (AvgIpc) is 2.84. The summed E-state index contributed by atoms with van der Waals surface area (Å²) in [5, 5.41) is 13.4. The summed E-state index contributed by atoms with van der Waals surface area (Å²) in [6.07, 6.45) is 1.48. The minimum absolute atomic E-state index is 0.0483. The molecular weight excluding hydrogens is 246 g/mol. The van der Waals surface area contributed by atoms with Crippen molar-refractivity contribution in [3.05, 3.63) is 21.9 Å². The summed E-state index contributed by atoms with van der Waals surface area (Å²) >= 11 is 1.40. The molecule has 1 heterocycles. The molecule has 4 heteroatoms. The van der Waals surface area contributed by atoms with Gasteiger partial charge in [-0.1, -0.05) is 32.1 Å². The predicted octanol–water partition coefficient (Wildman–Crippen LogP) is 2.26. The van der Waals surface area contributed by atoms with E-state index < -0.39 is 0 Å². The van der Waals surface area contributed by atoms with Crippen molar-refractivity contribution < 1.29 is 9.90 Å². The van der Waals surface area contributed by atoms with Gasteiger partial charge in [0.1, 0.15) is 4.88 Å². The number of carbonyl (C=O) groups excluding carboxylic acids is 1. The van der Waals surface area contributed by atoms with Crippen molar-refractivity contribution in [3.63, 3.8) is 0 Å². The van der Waals surface area contributed by atoms with Crippen molar-refractivity contribution >= 4 is 17.2 Å². The lowest BCUT2D eigenvalue weighted by atomic mass is 10.1. The molecule has 18 heavy (non-hydrogen) atoms. The molecule has 1 aromatic heterocycles. The fraction of sp³-hybridized carbons (Fsp3) is 0.500. The van der Waals surface area contributed by atoms with Gasteiger partial charge in [0.15, 0.2) is 0 Å². The van der Waals surface area contributed by atoms with E-state index >= 15 is 0 Å². The summed E-state index contributed by atoms with van der Waals surface area (Å²) in [6.45, 7) is 4.95. The van der Waals surface area contributed by atoms with E-state index in [2.05, 4.69) is 31.0 Å². The average molecular weight is 265 g/mol. The van der Waals surface area contributed by atoms with Crippen molar-refractivity contribution in [2.75, 3.05) is 13.2 Å². The molecular formula is C14H19NO2S. The Kier molecular flexibility index (Phi) is 6.48. The number of aliphatic hydroxyl groups is 1. The Balaban J connectivity index is 2.64. The molecule has 0 saturated heterocycles. The molecule has 0 aromatic carbocycles. The summed E-state index contributed by atoms with van der Waals surface area (Å²) < 4.78 is 0. The quantitative estimate of drug-likeness (QED) is 0.802. The predicted molar refractivity (Wildman–Crippen MR) is 74.7 cm³/mol. The van der Waals surface area contributed by atoms with Crippen LogP contribution in [-0.2, 0) is 0 Å². The highest BCUT2D eigenvalue weighted by molar-refractivity contribution is 7.12. The first-order valence-electron chi connectivity index (χ1n) is 6.14. The number of hydrogen-bond acceptors (Lipinski definition) is 3. The standard InChI is InChI=1S/C14H19NO2S/c1-3-11(2)10-15-14(17)13-12(7-9-18-13)6-4-5-8-16/h7,9,11,16H,3,5,8,10H2,1-2H3,(H,15,17). The zero-order chi connectivity index (χ0) is 13.4. The van der Waals surface area contributed by atoms with Gasteiger partial charge in [-0.25, -0.2) is 0 Å². The molecule has 0 spiro atoms. The number of nitrogens with one attached hydrogen (secondary N) is 1. The number of thiophene rings is 1. The van der Waals surface area contributed by atoms with Gasteiger partial charge < -0.3 is 10.4 Å². The first-order valence-corrected chi connectivity index (χ1v) is 7.02. The maximum absolute atomic E-state index is 12.0. The van der Waals surface area contributed by atoms with Crippen molar-refractivity contribution in [1.82, 2.24) is 5.32 Å². The molecule has 2 N–H and O–H groups in total. The van der Waals surface area contributed by atoms with Crippen molar-refractivity contribution in [3.8, 4) is 11.8 Å². The van der Waals surface area contributed by atoms with E-state index in [1.807, 2.05) is 11.4 Å². The normalized spacial score (nSPS) is 11.5. The fourth-order valence-electron chi connectivity index (χ4n) is 1.29. The molecule has 0 saturated carbocycles. The third kappa shape index (κ3) is 4.52. The van der Waals surface area contributed by atoms with Crippen LogP contribution in [0.25, 0.3) is 0 Å². The second-order valence-corrected chi connectivity index (χ2v) is 5.08. The molecule has 98 valence electrons. The van der Waals surface area contributed by atoms with E-state index in [0.29, 0.717) is 23.8 Å². The van der Waals surface area contributed by atoms with Gasteiger partial charge >= 0.3 is 0 Å². The summed E-state index contributed by atoms with van der Waals surface area (Å²) in [7, 11) is 0. The van der Waals surface area contributed by atoms with Crippen LogP contribution in [0.2, 0.25) is 0 Å². The van der Waals surface area contributed by atoms with Crippen molar-refractivity contribution in [2.24, 2.45) is 5.92 Å². The third-order valence-electron chi connectivity index (χ3n) is 2.64. The molecule has 0 aliphatic rings. The second-order valence-electron chi connectivity index (χ2n) is 4.16. The lowest BCUT2D eigenvalue weighted by Gasteiger charge is -2.09. The molecule has 0 radical (unpaired) electrons. The summed E-state index contributed by atoms with van der Waals surface area (Å²) in [6, 6.07) is 1.84. The lowest BCUT2D eigenvalue weighted by Crippen LogP contribution is -2.27. The van der Waals surface area contributed by atoms with Gasteiger partial charge in [-0.15, -0.1) is 11.3 Å². The zero-order valence-corrected chi connectivity index (χ0v) is 11.6. The molecule has 0 bridgehead atoms. The number of amides is 1. The highest BCUT2D eigenvalue weighted by Gasteiger charge is 2.12. The van der Waals surface area contributed by atoms with E-state index in [1.165, 1.54) is 11.3 Å². The van der Waals surface area contributed by atoms with Gasteiger partial charge in [-0.2, -0.15) is 0 Å². The van der Waals surface area contributed by atoms with Crippen LogP contribution in [0.5, 0.6) is 0 Å². The molecule has 0 aliphatic heterocycles. The van der Waals surface area contributed by atoms with Crippen LogP contribution in [0.15, 0.2) is 11.4 Å². The number of aliphatic hydroxyl groups excluding tert-OH is 1. The van der Waals surface area contributed by atoms with Crippen LogP contribution in [0.1, 0.15) is 41.9 Å². The highest BCUT2D eigenvalue weighted by Crippen LogP contribution is 2.15. The van der Waals surface area contributed by atoms with E-state index in [9.17, 15) is 4.79 Å². The smallest absolute Gasteiger partial charge is 0.262 e. The Hall–Kier alpha value is -1.31. The van der Waals surface area contributed by atoms with Gasteiger partial charge in [-0.05, 0) is 17.4 Å². The molecule has 0 fully saturated rings. The van der Waals surface area contributed by atoms with E-state index in [0.717, 1.165) is 12.0 Å². The third-order valence-corrected chi connectivity index (χ3v) is 3.55. The minimum atomic E-state index is -0.0569. The van der Waals surface area contributed by atoms with Crippen LogP contribution in [-0.4, -0.2) is 24.2 Å². The second kappa shape index (κ2) is 7.91. The van der Waals surface area contributed by atoms with Crippen LogP contribution < -0.4 is 5.32 Å². The van der Waals surface area contributed by atoms with Gasteiger partial charge in [0.05, 0.1) is 6.61 Å². The van der Waals surface area contributed by atoms with Gasteiger partial charge in [0, 0.05) is 18.5 Å². The fourth-order valence-corrected chi connectivity index (χ4v) is 2.05. The van der Waals surface area contributed by atoms with Crippen LogP contribution in [0.3, 0.4) is 0 Å². The van der Waals surface area contributed by atoms with Gasteiger partial charge in [0.25, 0.3) is 5.91 Å². The topological polar surface area (TPSA) is 49.3 Å². The number of rotatable bonds is 5. The molecule has 3 nitrogen and oxygen atoms in total. The van der Waals surface area contributed by atoms with E-state index in [1.54, 1.807) is 0 Å². The largest absolute Gasteiger partial charge is 0.395 e. The summed E-state index contributed by atoms with van der Waals surface area (Å²) in [4.78, 5) is 12.6. The van der Waals surface area contributed by atoms with Crippen molar-refractivity contribution in [2.45, 2.75) is 26.7 Å². The monoisotopic (exact) mass is 265 g/mol. The SMILES string of the molecule is CCC(C)CNC(=O)c1sccc1C#CCCO. The maximum Gasteiger partial charge on any atom is 0.262 e. The first kappa shape index (κ1) is 14.7. The van der Waals surface area contributed by atoms with Crippen molar-refractivity contribution in [1.29, 1.82) is 0 Å². The molecule has 1 amide bonds. The minimum Gasteiger partial charge on any atom is -0.395 e. The Labute approximate surface area is 112 Å². The molecule has 1 rings (SSSR count). The Morgan fingerprint density at radius 1 is 1.61 bits per heavy atom. The van der Waals surface area contributed by atoms with Crippen LogP contribution in [0.4, 0.5) is 0 Å². The number of hydrogen-bond donors (Lipinski definition) is 2. The van der Waals surface area contributed by atoms with Gasteiger partial charge in [0.2, 0.25) is 0 Å². The number of carbonyl (C=O) groups is 1. The Morgan fingerprint density at radius 2 is 2.39 bits per heavy atom. The summed E-state index contributed by atoms with van der Waals surface area (Å²) in [5.41, 5.74) is 0.745.